The quantitative estimate of drug-likeness (QED) is 0.0471. The molecule has 8 heterocycles. The summed E-state index contributed by atoms with van der Waals surface area (Å²) < 4.78 is 68.1. The van der Waals surface area contributed by atoms with Crippen molar-refractivity contribution in [2.45, 2.75) is 77.5 Å². The first-order chi connectivity index (χ1) is 57.8. The van der Waals surface area contributed by atoms with Gasteiger partial charge in [0.2, 0.25) is 18.1 Å². The molecule has 0 aliphatic carbocycles. The molecule has 9 aromatic carbocycles. The van der Waals surface area contributed by atoms with Crippen molar-refractivity contribution in [1.29, 1.82) is 0 Å². The zero-order valence-corrected chi connectivity index (χ0v) is 69.0. The molecule has 5 aliphatic heterocycles. The Morgan fingerprint density at radius 2 is 0.792 bits per heavy atom. The molecule has 31 heteroatoms. The molecule has 17 rings (SSSR count). The molecule has 624 valence electrons. The number of aliphatic hydroxyl groups excluding tert-OH is 1. The Balaban J connectivity index is 0.000000140. The van der Waals surface area contributed by atoms with E-state index in [1.165, 1.54) is 29.2 Å². The Labute approximate surface area is 704 Å². The summed E-state index contributed by atoms with van der Waals surface area (Å²) in [6, 6.07) is 36.8. The number of halogens is 6. The first-order valence-electron chi connectivity index (χ1n) is 40.0. The molecule has 0 saturated carbocycles. The second-order valence-electron chi connectivity index (χ2n) is 30.7. The number of carbonyl (C=O) groups is 3. The normalized spacial score (nSPS) is 16.3. The average molecular weight is 1700 g/mol. The molecular formula is C89H90Cl3F3N14O11. The van der Waals surface area contributed by atoms with Gasteiger partial charge >= 0.3 is 18.0 Å². The van der Waals surface area contributed by atoms with E-state index in [-0.39, 0.29) is 127 Å². The first-order valence-corrected chi connectivity index (χ1v) is 41.1. The number of ether oxygens (including phenoxy) is 3. The van der Waals surface area contributed by atoms with Gasteiger partial charge in [-0.3, -0.25) is 14.4 Å². The Hall–Kier alpha value is -11.4. The molecule has 5 aliphatic rings. The van der Waals surface area contributed by atoms with Gasteiger partial charge in [0.05, 0.1) is 21.2 Å². The van der Waals surface area contributed by atoms with Crippen LogP contribution < -0.4 is 28.9 Å². The molecule has 12 aromatic rings. The van der Waals surface area contributed by atoms with Crippen molar-refractivity contribution in [3.63, 3.8) is 0 Å². The summed E-state index contributed by atoms with van der Waals surface area (Å²) in [5.74, 6) is -1.33. The van der Waals surface area contributed by atoms with Crippen molar-refractivity contribution >= 4 is 135 Å². The van der Waals surface area contributed by atoms with E-state index < -0.39 is 29.6 Å². The molecule has 0 bridgehead atoms. The van der Waals surface area contributed by atoms with E-state index in [2.05, 4.69) is 50.4 Å². The number of phenolic OH excluding ortho intramolecular Hbond substituents is 3. The van der Waals surface area contributed by atoms with E-state index in [1.807, 2.05) is 101 Å². The first kappa shape index (κ1) is 83.7. The van der Waals surface area contributed by atoms with Crippen molar-refractivity contribution in [2.75, 3.05) is 134 Å². The van der Waals surface area contributed by atoms with Gasteiger partial charge < -0.3 is 78.9 Å². The number of rotatable bonds is 15. The molecule has 0 spiro atoms. The zero-order valence-electron chi connectivity index (χ0n) is 66.8. The van der Waals surface area contributed by atoms with E-state index in [1.54, 1.807) is 53.1 Å². The van der Waals surface area contributed by atoms with Gasteiger partial charge in [0, 0.05) is 144 Å². The molecule has 3 aromatic heterocycles. The molecule has 120 heavy (non-hydrogen) atoms. The van der Waals surface area contributed by atoms with Gasteiger partial charge in [-0.2, -0.15) is 29.9 Å². The van der Waals surface area contributed by atoms with Gasteiger partial charge in [0.1, 0.15) is 63.5 Å². The van der Waals surface area contributed by atoms with E-state index in [9.17, 15) is 39.9 Å². The number of aromatic hydroxyl groups is 3. The average Bonchev–Trinajstić information content (AvgIpc) is 0.751. The van der Waals surface area contributed by atoms with Crippen molar-refractivity contribution in [1.82, 2.24) is 54.4 Å². The van der Waals surface area contributed by atoms with Crippen molar-refractivity contribution in [2.24, 2.45) is 0 Å². The minimum atomic E-state index is -2.08. The Morgan fingerprint density at radius 3 is 1.12 bits per heavy atom. The number of phenols is 3. The van der Waals surface area contributed by atoms with Crippen molar-refractivity contribution in [3.8, 4) is 68.7 Å². The van der Waals surface area contributed by atoms with E-state index in [0.29, 0.717) is 128 Å². The molecule has 0 unspecified atom stereocenters. The third-order valence-corrected chi connectivity index (χ3v) is 23.7. The standard InChI is InChI=1S/C31H31ClFN5O3.C30H31ClFN5O3.C28H28ClFN4O5/c1-3-26(40)37-12-14-38(15-13-37)30-24-18-25(32)27(23-17-20(39)16-19-6-4-5-7-22(19)23)28(33)29(24)34-31(35-30)41-21-8-10-36(2)11-9-21;1-18(38)36-11-13-37(14-12-36)29-24-17-25(31)26(23-16-20(39)15-19-5-3-4-6-22(19)23)27(32)28(24)33-30(34-29)40-21-7-9-35(2)10-8-21;1-3-15(2)39-28-31-24-20(25(32-28)33-8-10-34(11-9-33)26(36)27(37)38)14-21(29)22(23(24)30)19-13-17(35)12-16-6-4-5-7-18(16)19/h3-7,16-18,21,39H,1,8-15H2,2H3;3-6,15-17,21,39H,7-14H2,1-2H3;4-7,12-15,27,35,37-38H,3,8-11H2,1-2H3/t;;15-/m..1/s1. The van der Waals surface area contributed by atoms with Crippen LogP contribution in [0.4, 0.5) is 30.6 Å². The SMILES string of the molecule is C=CC(=O)N1CCN(c2nc(OC3CCN(C)CC3)nc3c(F)c(-c4cc(O)cc5ccccc45)c(Cl)cc23)CC1.CC(=O)N1CCN(c2nc(OC3CCN(C)CC3)nc3c(F)c(-c4cc(O)cc5ccccc45)c(Cl)cc23)CC1.CC[C@@H](C)Oc1nc(N2CCN(C(=O)C(O)O)CC2)c2cc(Cl)c(-c3cc(O)cc4ccccc34)c(F)c2n1. The van der Waals surface area contributed by atoms with Crippen LogP contribution in [0.5, 0.6) is 35.3 Å². The van der Waals surface area contributed by atoms with Gasteiger partial charge in [-0.15, -0.1) is 0 Å². The summed E-state index contributed by atoms with van der Waals surface area (Å²) in [5, 5.41) is 56.0. The van der Waals surface area contributed by atoms with Crippen molar-refractivity contribution in [3.05, 3.63) is 173 Å². The summed E-state index contributed by atoms with van der Waals surface area (Å²) in [5.41, 5.74) is 2.00. The second kappa shape index (κ2) is 35.9. The van der Waals surface area contributed by atoms with E-state index in [4.69, 9.17) is 59.0 Å². The topological polar surface area (TPSA) is 283 Å². The van der Waals surface area contributed by atoms with Crippen LogP contribution in [-0.4, -0.2) is 241 Å². The monoisotopic (exact) mass is 1690 g/mol. The van der Waals surface area contributed by atoms with Gasteiger partial charge in [0.15, 0.2) is 17.5 Å². The maximum atomic E-state index is 16.6. The van der Waals surface area contributed by atoms with Crippen LogP contribution in [0.2, 0.25) is 15.1 Å². The third-order valence-electron chi connectivity index (χ3n) is 22.8. The Morgan fingerprint density at radius 1 is 0.467 bits per heavy atom. The smallest absolute Gasteiger partial charge is 0.319 e. The summed E-state index contributed by atoms with van der Waals surface area (Å²) in [4.78, 5) is 79.0. The zero-order chi connectivity index (χ0) is 84.5. The number of nitrogens with zero attached hydrogens (tertiary/aromatic N) is 14. The van der Waals surface area contributed by atoms with E-state index >= 15 is 13.2 Å². The maximum absolute atomic E-state index is 16.6. The molecule has 25 nitrogen and oxygen atoms in total. The summed E-state index contributed by atoms with van der Waals surface area (Å²) in [7, 11) is 4.15. The number of hydrogen-bond acceptors (Lipinski definition) is 22. The molecule has 0 radical (unpaired) electrons. The number of aliphatic hydroxyl groups is 2. The molecule has 1 atom stereocenters. The fourth-order valence-electron chi connectivity index (χ4n) is 16.2. The molecule has 5 saturated heterocycles. The lowest BCUT2D eigenvalue weighted by molar-refractivity contribution is -0.159. The highest BCUT2D eigenvalue weighted by Gasteiger charge is 2.34. The number of hydrogen-bond donors (Lipinski definition) is 5. The number of aromatic nitrogens is 6. The number of piperidine rings is 2. The van der Waals surface area contributed by atoms with Gasteiger partial charge in [-0.1, -0.05) is 121 Å². The molecule has 5 fully saturated rings. The number of anilines is 3. The van der Waals surface area contributed by atoms with Crippen LogP contribution in [0.15, 0.2) is 140 Å². The minimum absolute atomic E-state index is 0.00377. The molecular weight excluding hydrogens is 1600 g/mol. The van der Waals surface area contributed by atoms with Crippen molar-refractivity contribution < 1.29 is 67.3 Å². The number of likely N-dealkylation sites (tertiary alicyclic amines) is 2. The van der Waals surface area contributed by atoms with Crippen LogP contribution in [-0.2, 0) is 14.4 Å². The van der Waals surface area contributed by atoms with E-state index in [0.717, 1.165) is 78.8 Å². The predicted octanol–water partition coefficient (Wildman–Crippen LogP) is 14.4. The highest BCUT2D eigenvalue weighted by atomic mass is 35.5. The highest BCUT2D eigenvalue weighted by Crippen LogP contribution is 2.47. The summed E-state index contributed by atoms with van der Waals surface area (Å²) in [6.45, 7) is 17.7. The highest BCUT2D eigenvalue weighted by molar-refractivity contribution is 6.36. The molecule has 3 amide bonds. The largest absolute Gasteiger partial charge is 0.508 e. The Bertz CT molecular complexity index is 5940. The second-order valence-corrected chi connectivity index (χ2v) is 32.0. The number of benzene rings is 9. The van der Waals surface area contributed by atoms with Crippen LogP contribution in [0, 0.1) is 17.5 Å². The number of piperazine rings is 3. The number of amides is 3. The lowest BCUT2D eigenvalue weighted by Crippen LogP contribution is -2.51. The van der Waals surface area contributed by atoms with Gasteiger partial charge in [-0.25, -0.2) is 13.2 Å². The summed E-state index contributed by atoms with van der Waals surface area (Å²) in [6.07, 6.45) is 2.84. The predicted molar refractivity (Wildman–Crippen MR) is 460 cm³/mol. The van der Waals surface area contributed by atoms with Crippen LogP contribution >= 0.6 is 34.8 Å². The summed E-state index contributed by atoms with van der Waals surface area (Å²) >= 11 is 20.3. The fourth-order valence-corrected chi connectivity index (χ4v) is 17.1. The third kappa shape index (κ3) is 17.6. The van der Waals surface area contributed by atoms with Crippen LogP contribution in [0.1, 0.15) is 52.9 Å². The molecule has 5 N–H and O–H groups in total. The fraction of sp³-hybridized carbons (Fsp3) is 0.337. The minimum Gasteiger partial charge on any atom is -0.508 e. The van der Waals surface area contributed by atoms with Gasteiger partial charge in [-0.05, 0) is 163 Å². The Kier molecular flexibility index (Phi) is 25.0. The number of fused-ring (bicyclic) bond motifs is 6. The lowest BCUT2D eigenvalue weighted by atomic mass is 9.96. The van der Waals surface area contributed by atoms with Gasteiger partial charge in [0.25, 0.3) is 5.91 Å². The maximum Gasteiger partial charge on any atom is 0.319 e. The van der Waals surface area contributed by atoms with Crippen LogP contribution in [0.3, 0.4) is 0 Å². The lowest BCUT2D eigenvalue weighted by Gasteiger charge is -2.36. The van der Waals surface area contributed by atoms with Crippen LogP contribution in [0.25, 0.3) is 98.4 Å². The number of carbonyl (C=O) groups excluding carboxylic acids is 3.